The summed E-state index contributed by atoms with van der Waals surface area (Å²) in [6, 6.07) is 9.74. The van der Waals surface area contributed by atoms with Crippen molar-refractivity contribution < 1.29 is 37.8 Å². The second-order valence-electron chi connectivity index (χ2n) is 7.41. The smallest absolute Gasteiger partial charge is 0.417 e. The molecule has 4 rings (SSSR count). The molecule has 1 amide bonds. The zero-order valence-electron chi connectivity index (χ0n) is 18.0. The lowest BCUT2D eigenvalue weighted by molar-refractivity contribution is -0.137. The molecule has 13 heteroatoms. The third-order valence-corrected chi connectivity index (χ3v) is 6.55. The van der Waals surface area contributed by atoms with Crippen LogP contribution in [-0.2, 0) is 6.18 Å². The van der Waals surface area contributed by atoms with Crippen LogP contribution < -0.4 is 5.32 Å². The SMILES string of the molecule is O=C(O)c1ccc(-c2nn(C(=O)c3c(Cl)cccc3C(F)(F)F)c3cc(C(=O)NCCO)sc23)cc1. The molecule has 186 valence electrons. The summed E-state index contributed by atoms with van der Waals surface area (Å²) in [4.78, 5) is 37.2. The van der Waals surface area contributed by atoms with Gasteiger partial charge in [-0.25, -0.2) is 4.79 Å². The minimum absolute atomic E-state index is 0.00774. The highest BCUT2D eigenvalue weighted by atomic mass is 35.5. The minimum atomic E-state index is -4.87. The summed E-state index contributed by atoms with van der Waals surface area (Å²) in [5.74, 6) is -2.89. The summed E-state index contributed by atoms with van der Waals surface area (Å²) in [5.41, 5.74) is -1.47. The number of aliphatic hydroxyl groups is 1. The lowest BCUT2D eigenvalue weighted by Gasteiger charge is -2.13. The van der Waals surface area contributed by atoms with Crippen molar-refractivity contribution in [1.29, 1.82) is 0 Å². The van der Waals surface area contributed by atoms with E-state index >= 15 is 0 Å². The molecule has 8 nitrogen and oxygen atoms in total. The van der Waals surface area contributed by atoms with E-state index in [0.29, 0.717) is 10.3 Å². The zero-order valence-corrected chi connectivity index (χ0v) is 19.5. The van der Waals surface area contributed by atoms with Gasteiger partial charge in [0.15, 0.2) is 0 Å². The molecule has 36 heavy (non-hydrogen) atoms. The molecule has 0 saturated heterocycles. The number of thiophene rings is 1. The van der Waals surface area contributed by atoms with Gasteiger partial charge in [-0.15, -0.1) is 11.3 Å². The van der Waals surface area contributed by atoms with E-state index in [-0.39, 0.29) is 34.8 Å². The molecule has 0 fully saturated rings. The normalized spacial score (nSPS) is 11.6. The second-order valence-corrected chi connectivity index (χ2v) is 8.87. The number of halogens is 4. The van der Waals surface area contributed by atoms with Gasteiger partial charge >= 0.3 is 12.1 Å². The van der Waals surface area contributed by atoms with E-state index in [0.717, 1.165) is 34.2 Å². The predicted octanol–water partition coefficient (Wildman–Crippen LogP) is 4.55. The molecule has 4 aromatic rings. The van der Waals surface area contributed by atoms with E-state index in [1.807, 2.05) is 0 Å². The van der Waals surface area contributed by atoms with E-state index in [1.54, 1.807) is 0 Å². The Morgan fingerprint density at radius 2 is 1.81 bits per heavy atom. The van der Waals surface area contributed by atoms with E-state index in [1.165, 1.54) is 30.3 Å². The van der Waals surface area contributed by atoms with E-state index in [4.69, 9.17) is 21.8 Å². The Kier molecular flexibility index (Phi) is 6.85. The van der Waals surface area contributed by atoms with Gasteiger partial charge in [-0.3, -0.25) is 9.59 Å². The number of aromatic carboxylic acids is 1. The van der Waals surface area contributed by atoms with Gasteiger partial charge in [0.05, 0.1) is 43.4 Å². The fraction of sp³-hybridized carbons (Fsp3) is 0.130. The predicted molar refractivity (Wildman–Crippen MR) is 126 cm³/mol. The average molecular weight is 538 g/mol. The van der Waals surface area contributed by atoms with Crippen LogP contribution in [0, 0.1) is 0 Å². The van der Waals surface area contributed by atoms with Crippen LogP contribution >= 0.6 is 22.9 Å². The van der Waals surface area contributed by atoms with Crippen molar-refractivity contribution in [3.05, 3.63) is 75.1 Å². The average Bonchev–Trinajstić information content (AvgIpc) is 3.41. The van der Waals surface area contributed by atoms with Crippen molar-refractivity contribution in [3.63, 3.8) is 0 Å². The van der Waals surface area contributed by atoms with Crippen molar-refractivity contribution in [2.45, 2.75) is 6.18 Å². The number of amides is 1. The molecule has 0 unspecified atom stereocenters. The quantitative estimate of drug-likeness (QED) is 0.332. The maximum absolute atomic E-state index is 13.7. The summed E-state index contributed by atoms with van der Waals surface area (Å²) in [6.07, 6.45) is -4.87. The Morgan fingerprint density at radius 3 is 2.42 bits per heavy atom. The number of aromatic nitrogens is 2. The van der Waals surface area contributed by atoms with Crippen LogP contribution in [-0.4, -0.2) is 50.9 Å². The summed E-state index contributed by atoms with van der Waals surface area (Å²) < 4.78 is 42.0. The Balaban J connectivity index is 1.92. The van der Waals surface area contributed by atoms with Crippen LogP contribution in [0.5, 0.6) is 0 Å². The summed E-state index contributed by atoms with van der Waals surface area (Å²) in [5, 5.41) is 24.4. The van der Waals surface area contributed by atoms with Gasteiger partial charge < -0.3 is 15.5 Å². The minimum Gasteiger partial charge on any atom is -0.478 e. The number of benzene rings is 2. The van der Waals surface area contributed by atoms with Gasteiger partial charge in [0.1, 0.15) is 5.69 Å². The van der Waals surface area contributed by atoms with E-state index in [9.17, 15) is 27.6 Å². The van der Waals surface area contributed by atoms with Crippen LogP contribution in [0.4, 0.5) is 13.2 Å². The molecule has 2 heterocycles. The maximum Gasteiger partial charge on any atom is 0.417 e. The van der Waals surface area contributed by atoms with E-state index < -0.39 is 40.1 Å². The van der Waals surface area contributed by atoms with Gasteiger partial charge in [-0.2, -0.15) is 23.0 Å². The fourth-order valence-corrected chi connectivity index (χ4v) is 4.79. The number of fused-ring (bicyclic) bond motifs is 1. The standard InChI is InChI=1S/C23H15ClF3N3O5S/c24-14-3-1-2-13(23(25,26)27)17(14)21(33)30-15-10-16(20(32)28-8-9-31)36-19(15)18(29-30)11-4-6-12(7-5-11)22(34)35/h1-7,10,31H,8-9H2,(H,28,32)(H,34,35). The summed E-state index contributed by atoms with van der Waals surface area (Å²) in [7, 11) is 0. The van der Waals surface area contributed by atoms with Crippen LogP contribution in [0.3, 0.4) is 0 Å². The molecule has 0 radical (unpaired) electrons. The molecule has 2 aromatic carbocycles. The monoisotopic (exact) mass is 537 g/mol. The van der Waals surface area contributed by atoms with Crippen LogP contribution in [0.15, 0.2) is 48.5 Å². The highest BCUT2D eigenvalue weighted by molar-refractivity contribution is 7.21. The van der Waals surface area contributed by atoms with Crippen LogP contribution in [0.2, 0.25) is 5.02 Å². The Labute approximate surface area is 209 Å². The number of alkyl halides is 3. The van der Waals surface area contributed by atoms with Crippen molar-refractivity contribution in [2.75, 3.05) is 13.2 Å². The number of nitrogens with one attached hydrogen (secondary N) is 1. The van der Waals surface area contributed by atoms with Crippen molar-refractivity contribution >= 4 is 50.9 Å². The lowest BCUT2D eigenvalue weighted by atomic mass is 10.1. The zero-order chi connectivity index (χ0) is 26.2. The van der Waals surface area contributed by atoms with Crippen LogP contribution in [0.1, 0.15) is 36.0 Å². The van der Waals surface area contributed by atoms with Crippen molar-refractivity contribution in [3.8, 4) is 11.3 Å². The highest BCUT2D eigenvalue weighted by Crippen LogP contribution is 2.38. The van der Waals surface area contributed by atoms with Gasteiger partial charge in [0.2, 0.25) is 0 Å². The molecule has 0 aliphatic carbocycles. The highest BCUT2D eigenvalue weighted by Gasteiger charge is 2.37. The largest absolute Gasteiger partial charge is 0.478 e. The third kappa shape index (κ3) is 4.70. The number of aliphatic hydroxyl groups excluding tert-OH is 1. The first kappa shape index (κ1) is 25.4. The number of nitrogens with zero attached hydrogens (tertiary/aromatic N) is 2. The van der Waals surface area contributed by atoms with Crippen LogP contribution in [0.25, 0.3) is 21.5 Å². The first-order chi connectivity index (χ1) is 17.0. The number of carbonyl (C=O) groups is 3. The Bertz CT molecular complexity index is 1500. The number of hydrogen-bond donors (Lipinski definition) is 3. The topological polar surface area (TPSA) is 122 Å². The molecular formula is C23H15ClF3N3O5S. The van der Waals surface area contributed by atoms with Crippen molar-refractivity contribution in [1.82, 2.24) is 15.1 Å². The molecule has 0 saturated carbocycles. The number of rotatable bonds is 6. The number of carbonyl (C=O) groups excluding carboxylic acids is 2. The summed E-state index contributed by atoms with van der Waals surface area (Å²) in [6.45, 7) is -0.340. The van der Waals surface area contributed by atoms with Crippen molar-refractivity contribution in [2.24, 2.45) is 0 Å². The first-order valence-corrected chi connectivity index (χ1v) is 11.4. The Hall–Kier alpha value is -3.74. The molecule has 0 atom stereocenters. The number of hydrogen-bond acceptors (Lipinski definition) is 6. The van der Waals surface area contributed by atoms with E-state index in [2.05, 4.69) is 10.4 Å². The summed E-state index contributed by atoms with van der Waals surface area (Å²) >= 11 is 6.95. The van der Waals surface area contributed by atoms with Gasteiger partial charge in [0, 0.05) is 12.1 Å². The van der Waals surface area contributed by atoms with Gasteiger partial charge in [-0.1, -0.05) is 29.8 Å². The first-order valence-electron chi connectivity index (χ1n) is 10.2. The molecule has 0 spiro atoms. The lowest BCUT2D eigenvalue weighted by Crippen LogP contribution is -2.25. The number of carboxylic acids is 1. The van der Waals surface area contributed by atoms with Gasteiger partial charge in [-0.05, 0) is 30.3 Å². The number of carboxylic acid groups (broad SMARTS) is 1. The Morgan fingerprint density at radius 1 is 1.11 bits per heavy atom. The molecule has 0 aliphatic heterocycles. The molecular weight excluding hydrogens is 523 g/mol. The fourth-order valence-electron chi connectivity index (χ4n) is 3.47. The third-order valence-electron chi connectivity index (χ3n) is 5.11. The molecule has 0 bridgehead atoms. The molecule has 0 aliphatic rings. The maximum atomic E-state index is 13.7. The molecule has 2 aromatic heterocycles. The van der Waals surface area contributed by atoms with Gasteiger partial charge in [0.25, 0.3) is 11.8 Å². The molecule has 3 N–H and O–H groups in total. The second kappa shape index (κ2) is 9.72.